The first kappa shape index (κ1) is 13.6. The van der Waals surface area contributed by atoms with Crippen LogP contribution in [0.4, 0.5) is 13.2 Å². The van der Waals surface area contributed by atoms with Crippen LogP contribution in [0.1, 0.15) is 32.8 Å². The van der Waals surface area contributed by atoms with Crippen molar-refractivity contribution >= 4 is 16.7 Å². The van der Waals surface area contributed by atoms with Gasteiger partial charge in [0.1, 0.15) is 11.0 Å². The molecule has 0 amide bonds. The van der Waals surface area contributed by atoms with Gasteiger partial charge in [0.2, 0.25) is 0 Å². The van der Waals surface area contributed by atoms with Crippen molar-refractivity contribution in [2.75, 3.05) is 0 Å². The Balaban J connectivity index is 2.53. The third-order valence-corrected chi connectivity index (χ3v) is 3.16. The average Bonchev–Trinajstić information content (AvgIpc) is 2.78. The van der Waals surface area contributed by atoms with Crippen LogP contribution in [-0.2, 0) is 6.18 Å². The zero-order valence-electron chi connectivity index (χ0n) is 10.9. The van der Waals surface area contributed by atoms with Crippen molar-refractivity contribution in [2.45, 2.75) is 33.4 Å². The maximum atomic E-state index is 12.6. The Labute approximate surface area is 108 Å². The van der Waals surface area contributed by atoms with E-state index in [9.17, 15) is 13.2 Å². The van der Waals surface area contributed by atoms with E-state index in [2.05, 4.69) is 10.2 Å². The number of aromatic nitrogens is 3. The molecule has 0 radical (unpaired) electrons. The van der Waals surface area contributed by atoms with Gasteiger partial charge in [-0.15, -0.1) is 10.2 Å². The standard InChI is InChI=1S/C13H14F3N3/c1-4-8(2)9(3)19-17-11-6-5-10(13(14,15)16)7-12(11)18-19/h5-7H,4H2,1-3H3/b9-8+. The molecule has 102 valence electrons. The van der Waals surface area contributed by atoms with Gasteiger partial charge < -0.3 is 0 Å². The number of fused-ring (bicyclic) bond motifs is 1. The number of allylic oxidation sites excluding steroid dienone is 2. The molecule has 19 heavy (non-hydrogen) atoms. The van der Waals surface area contributed by atoms with Crippen molar-refractivity contribution in [1.82, 2.24) is 15.0 Å². The highest BCUT2D eigenvalue weighted by atomic mass is 19.4. The van der Waals surface area contributed by atoms with Crippen LogP contribution in [0.5, 0.6) is 0 Å². The third kappa shape index (κ3) is 2.62. The minimum absolute atomic E-state index is 0.248. The van der Waals surface area contributed by atoms with Gasteiger partial charge in [0.15, 0.2) is 0 Å². The lowest BCUT2D eigenvalue weighted by molar-refractivity contribution is -0.137. The highest BCUT2D eigenvalue weighted by Crippen LogP contribution is 2.30. The molecule has 0 fully saturated rings. The molecule has 1 heterocycles. The van der Waals surface area contributed by atoms with Crippen molar-refractivity contribution < 1.29 is 13.2 Å². The van der Waals surface area contributed by atoms with E-state index in [1.165, 1.54) is 10.9 Å². The minimum atomic E-state index is -4.36. The van der Waals surface area contributed by atoms with Crippen molar-refractivity contribution in [1.29, 1.82) is 0 Å². The number of hydrogen-bond donors (Lipinski definition) is 0. The van der Waals surface area contributed by atoms with Crippen LogP contribution in [0.25, 0.3) is 16.7 Å². The summed E-state index contributed by atoms with van der Waals surface area (Å²) >= 11 is 0. The molecule has 0 N–H and O–H groups in total. The van der Waals surface area contributed by atoms with Crippen LogP contribution in [0.2, 0.25) is 0 Å². The number of benzene rings is 1. The van der Waals surface area contributed by atoms with E-state index in [0.717, 1.165) is 29.8 Å². The smallest absolute Gasteiger partial charge is 0.166 e. The Morgan fingerprint density at radius 1 is 1.16 bits per heavy atom. The first-order chi connectivity index (χ1) is 8.82. The fourth-order valence-electron chi connectivity index (χ4n) is 1.67. The summed E-state index contributed by atoms with van der Waals surface area (Å²) in [4.78, 5) is 1.39. The summed E-state index contributed by atoms with van der Waals surface area (Å²) in [6.07, 6.45) is -3.51. The number of halogens is 3. The van der Waals surface area contributed by atoms with E-state index >= 15 is 0 Å². The maximum absolute atomic E-state index is 12.6. The molecule has 0 saturated carbocycles. The average molecular weight is 269 g/mol. The zero-order chi connectivity index (χ0) is 14.2. The first-order valence-electron chi connectivity index (χ1n) is 5.94. The number of hydrogen-bond acceptors (Lipinski definition) is 2. The van der Waals surface area contributed by atoms with Gasteiger partial charge in [-0.2, -0.15) is 18.0 Å². The van der Waals surface area contributed by atoms with Gasteiger partial charge in [0, 0.05) is 0 Å². The van der Waals surface area contributed by atoms with Crippen LogP contribution < -0.4 is 0 Å². The molecule has 0 bridgehead atoms. The summed E-state index contributed by atoms with van der Waals surface area (Å²) < 4.78 is 37.8. The van der Waals surface area contributed by atoms with E-state index in [0.29, 0.717) is 5.52 Å². The Kier molecular flexibility index (Phi) is 3.34. The summed E-state index contributed by atoms with van der Waals surface area (Å²) in [6, 6.07) is 3.39. The van der Waals surface area contributed by atoms with Gasteiger partial charge >= 0.3 is 6.18 Å². The van der Waals surface area contributed by atoms with Gasteiger partial charge in [0.05, 0.1) is 11.3 Å². The normalized spacial score (nSPS) is 13.8. The monoisotopic (exact) mass is 269 g/mol. The third-order valence-electron chi connectivity index (χ3n) is 3.16. The molecule has 0 unspecified atom stereocenters. The summed E-state index contributed by atoms with van der Waals surface area (Å²) in [6.45, 7) is 5.80. The second kappa shape index (κ2) is 4.68. The fraction of sp³-hybridized carbons (Fsp3) is 0.385. The van der Waals surface area contributed by atoms with Gasteiger partial charge in [-0.3, -0.25) is 0 Å². The number of rotatable bonds is 2. The topological polar surface area (TPSA) is 30.7 Å². The van der Waals surface area contributed by atoms with Crippen LogP contribution in [-0.4, -0.2) is 15.0 Å². The molecule has 3 nitrogen and oxygen atoms in total. The Bertz CT molecular complexity index is 638. The van der Waals surface area contributed by atoms with Crippen molar-refractivity contribution in [2.24, 2.45) is 0 Å². The Morgan fingerprint density at radius 3 is 2.37 bits per heavy atom. The molecular formula is C13H14F3N3. The van der Waals surface area contributed by atoms with Gasteiger partial charge in [0.25, 0.3) is 0 Å². The molecule has 2 aromatic rings. The van der Waals surface area contributed by atoms with Crippen LogP contribution in [0.3, 0.4) is 0 Å². The summed E-state index contributed by atoms with van der Waals surface area (Å²) in [7, 11) is 0. The first-order valence-corrected chi connectivity index (χ1v) is 5.94. The van der Waals surface area contributed by atoms with E-state index in [-0.39, 0.29) is 5.52 Å². The van der Waals surface area contributed by atoms with Crippen molar-refractivity contribution in [3.8, 4) is 0 Å². The predicted octanol–water partition coefficient (Wildman–Crippen LogP) is 4.11. The molecule has 1 aromatic carbocycles. The fourth-order valence-corrected chi connectivity index (χ4v) is 1.67. The summed E-state index contributed by atoms with van der Waals surface area (Å²) in [5.41, 5.74) is 1.93. The second-order valence-electron chi connectivity index (χ2n) is 4.41. The summed E-state index contributed by atoms with van der Waals surface area (Å²) in [5, 5.41) is 8.29. The quantitative estimate of drug-likeness (QED) is 0.821. The van der Waals surface area contributed by atoms with Gasteiger partial charge in [-0.1, -0.05) is 12.5 Å². The van der Waals surface area contributed by atoms with Crippen LogP contribution in [0.15, 0.2) is 23.8 Å². The highest BCUT2D eigenvalue weighted by molar-refractivity contribution is 5.75. The van der Waals surface area contributed by atoms with Gasteiger partial charge in [-0.25, -0.2) is 0 Å². The molecule has 0 atom stereocenters. The molecule has 6 heteroatoms. The van der Waals surface area contributed by atoms with Gasteiger partial charge in [-0.05, 0) is 38.5 Å². The lowest BCUT2D eigenvalue weighted by atomic mass is 10.2. The highest BCUT2D eigenvalue weighted by Gasteiger charge is 2.30. The molecule has 0 spiro atoms. The molecule has 0 aliphatic rings. The molecule has 2 rings (SSSR count). The Hall–Kier alpha value is -1.85. The zero-order valence-corrected chi connectivity index (χ0v) is 10.9. The molecule has 0 aliphatic heterocycles. The van der Waals surface area contributed by atoms with E-state index in [4.69, 9.17) is 0 Å². The minimum Gasteiger partial charge on any atom is -0.166 e. The SMILES string of the molecule is CC/C(C)=C(\C)n1nc2ccc(C(F)(F)F)cc2n1. The van der Waals surface area contributed by atoms with Crippen molar-refractivity contribution in [3.05, 3.63) is 29.3 Å². The van der Waals surface area contributed by atoms with E-state index in [1.54, 1.807) is 0 Å². The van der Waals surface area contributed by atoms with Crippen LogP contribution in [0, 0.1) is 0 Å². The predicted molar refractivity (Wildman–Crippen MR) is 67.4 cm³/mol. The lowest BCUT2D eigenvalue weighted by Gasteiger charge is -2.04. The Morgan fingerprint density at radius 2 is 1.79 bits per heavy atom. The maximum Gasteiger partial charge on any atom is 0.416 e. The van der Waals surface area contributed by atoms with E-state index in [1.807, 2.05) is 20.8 Å². The number of nitrogens with zero attached hydrogens (tertiary/aromatic N) is 3. The summed E-state index contributed by atoms with van der Waals surface area (Å²) in [5.74, 6) is 0. The largest absolute Gasteiger partial charge is 0.416 e. The molecular weight excluding hydrogens is 255 g/mol. The van der Waals surface area contributed by atoms with Crippen LogP contribution >= 0.6 is 0 Å². The molecule has 0 saturated heterocycles. The van der Waals surface area contributed by atoms with E-state index < -0.39 is 11.7 Å². The molecule has 0 aliphatic carbocycles. The lowest BCUT2D eigenvalue weighted by Crippen LogP contribution is -2.04. The number of alkyl halides is 3. The molecule has 1 aromatic heterocycles. The second-order valence-corrected chi connectivity index (χ2v) is 4.41. The van der Waals surface area contributed by atoms with Crippen molar-refractivity contribution in [3.63, 3.8) is 0 Å².